The maximum atomic E-state index is 14.2. The summed E-state index contributed by atoms with van der Waals surface area (Å²) in [6.45, 7) is 0.0823. The third kappa shape index (κ3) is 2.80. The number of hydrogen-bond acceptors (Lipinski definition) is 3. The van der Waals surface area contributed by atoms with Crippen molar-refractivity contribution in [3.05, 3.63) is 51.7 Å². The third-order valence-electron chi connectivity index (χ3n) is 3.51. The second-order valence-corrected chi connectivity index (χ2v) is 6.21. The summed E-state index contributed by atoms with van der Waals surface area (Å²) in [5, 5.41) is 13.1. The van der Waals surface area contributed by atoms with Crippen LogP contribution >= 0.6 is 22.6 Å². The molecule has 120 valence electrons. The van der Waals surface area contributed by atoms with Crippen molar-refractivity contribution in [1.82, 2.24) is 9.55 Å². The summed E-state index contributed by atoms with van der Waals surface area (Å²) >= 11 is 2.00. The SMILES string of the molecule is C#CCn1c(C(=O)O)c(Nc2ccc(I)cc2F)c2cnccc21. The molecule has 0 saturated carbocycles. The number of anilines is 2. The van der Waals surface area contributed by atoms with Gasteiger partial charge in [-0.3, -0.25) is 4.98 Å². The fraction of sp³-hybridized carbons (Fsp3) is 0.0588. The van der Waals surface area contributed by atoms with Gasteiger partial charge in [0, 0.05) is 21.4 Å². The maximum Gasteiger partial charge on any atom is 0.354 e. The highest BCUT2D eigenvalue weighted by Gasteiger charge is 2.23. The molecule has 2 heterocycles. The average molecular weight is 435 g/mol. The number of hydrogen-bond donors (Lipinski definition) is 2. The number of aromatic carboxylic acids is 1. The fourth-order valence-corrected chi connectivity index (χ4v) is 2.98. The zero-order valence-electron chi connectivity index (χ0n) is 12.3. The van der Waals surface area contributed by atoms with E-state index in [-0.39, 0.29) is 23.6 Å². The summed E-state index contributed by atoms with van der Waals surface area (Å²) in [4.78, 5) is 15.8. The second-order valence-electron chi connectivity index (χ2n) is 4.96. The molecule has 0 radical (unpaired) electrons. The normalized spacial score (nSPS) is 10.5. The van der Waals surface area contributed by atoms with Crippen molar-refractivity contribution in [1.29, 1.82) is 0 Å². The van der Waals surface area contributed by atoms with Gasteiger partial charge in [0.25, 0.3) is 0 Å². The first-order valence-electron chi connectivity index (χ1n) is 6.88. The lowest BCUT2D eigenvalue weighted by Gasteiger charge is -2.09. The van der Waals surface area contributed by atoms with Gasteiger partial charge in [-0.25, -0.2) is 9.18 Å². The topological polar surface area (TPSA) is 67.2 Å². The van der Waals surface area contributed by atoms with Crippen LogP contribution in [-0.4, -0.2) is 20.6 Å². The molecular formula is C17H11FIN3O2. The number of carboxylic acids is 1. The Hall–Kier alpha value is -2.60. The first-order valence-corrected chi connectivity index (χ1v) is 7.96. The molecule has 24 heavy (non-hydrogen) atoms. The lowest BCUT2D eigenvalue weighted by atomic mass is 10.2. The number of pyridine rings is 1. The van der Waals surface area contributed by atoms with Crippen molar-refractivity contribution in [2.75, 3.05) is 5.32 Å². The average Bonchev–Trinajstić information content (AvgIpc) is 2.85. The number of nitrogens with zero attached hydrogens (tertiary/aromatic N) is 2. The van der Waals surface area contributed by atoms with Crippen molar-refractivity contribution in [2.24, 2.45) is 0 Å². The fourth-order valence-electron chi connectivity index (χ4n) is 2.53. The van der Waals surface area contributed by atoms with E-state index in [4.69, 9.17) is 6.42 Å². The molecule has 0 saturated heterocycles. The van der Waals surface area contributed by atoms with Gasteiger partial charge in [0.05, 0.1) is 23.4 Å². The quantitative estimate of drug-likeness (QED) is 0.483. The van der Waals surface area contributed by atoms with Gasteiger partial charge in [-0.2, -0.15) is 0 Å². The predicted octanol–water partition coefficient (Wildman–Crippen LogP) is 3.86. The summed E-state index contributed by atoms with van der Waals surface area (Å²) in [6.07, 6.45) is 8.44. The summed E-state index contributed by atoms with van der Waals surface area (Å²) in [5.74, 6) is 0.814. The second kappa shape index (κ2) is 6.49. The molecule has 0 unspecified atom stereocenters. The van der Waals surface area contributed by atoms with E-state index >= 15 is 0 Å². The van der Waals surface area contributed by atoms with Crippen LogP contribution in [0.5, 0.6) is 0 Å². The summed E-state index contributed by atoms with van der Waals surface area (Å²) in [5.41, 5.74) is 1.03. The van der Waals surface area contributed by atoms with Crippen LogP contribution in [0.2, 0.25) is 0 Å². The third-order valence-corrected chi connectivity index (χ3v) is 4.18. The molecule has 5 nitrogen and oxygen atoms in total. The Labute approximate surface area is 150 Å². The molecular weight excluding hydrogens is 424 g/mol. The number of benzene rings is 1. The van der Waals surface area contributed by atoms with Crippen LogP contribution in [0, 0.1) is 21.7 Å². The van der Waals surface area contributed by atoms with Crippen molar-refractivity contribution in [2.45, 2.75) is 6.54 Å². The van der Waals surface area contributed by atoms with Crippen LogP contribution in [0.25, 0.3) is 10.9 Å². The van der Waals surface area contributed by atoms with E-state index in [0.29, 0.717) is 10.9 Å². The number of nitrogens with one attached hydrogen (secondary N) is 1. The molecule has 2 N–H and O–H groups in total. The minimum atomic E-state index is -1.16. The standard InChI is InChI=1S/C17H11FIN3O2/c1-2-7-22-14-5-6-20-9-11(14)15(16(22)17(23)24)21-13-4-3-10(19)8-12(13)18/h1,3-6,8-9,21H,7H2,(H,23,24). The molecule has 7 heteroatoms. The lowest BCUT2D eigenvalue weighted by Crippen LogP contribution is -2.10. The Morgan fingerprint density at radius 3 is 2.92 bits per heavy atom. The van der Waals surface area contributed by atoms with Crippen molar-refractivity contribution in [3.63, 3.8) is 0 Å². The van der Waals surface area contributed by atoms with Crippen LogP contribution in [0.3, 0.4) is 0 Å². The summed E-state index contributed by atoms with van der Waals surface area (Å²) in [7, 11) is 0. The molecule has 1 aromatic carbocycles. The first kappa shape index (κ1) is 16.3. The molecule has 0 bridgehead atoms. The zero-order valence-corrected chi connectivity index (χ0v) is 14.4. The van der Waals surface area contributed by atoms with E-state index in [1.807, 2.05) is 22.6 Å². The lowest BCUT2D eigenvalue weighted by molar-refractivity contribution is 0.0687. The summed E-state index contributed by atoms with van der Waals surface area (Å²) < 4.78 is 16.4. The predicted molar refractivity (Wildman–Crippen MR) is 97.9 cm³/mol. The molecule has 0 amide bonds. The van der Waals surface area contributed by atoms with E-state index in [2.05, 4.69) is 16.2 Å². The molecule has 2 aromatic heterocycles. The van der Waals surface area contributed by atoms with E-state index in [1.165, 1.54) is 16.8 Å². The molecule has 3 rings (SSSR count). The minimum Gasteiger partial charge on any atom is -0.477 e. The number of aromatic nitrogens is 2. The van der Waals surface area contributed by atoms with Gasteiger partial charge < -0.3 is 15.0 Å². The van der Waals surface area contributed by atoms with Gasteiger partial charge in [-0.1, -0.05) is 5.92 Å². The number of terminal acetylenes is 1. The highest BCUT2D eigenvalue weighted by atomic mass is 127. The smallest absolute Gasteiger partial charge is 0.354 e. The molecule has 0 atom stereocenters. The van der Waals surface area contributed by atoms with Gasteiger partial charge >= 0.3 is 5.97 Å². The van der Waals surface area contributed by atoms with Crippen LogP contribution in [0.15, 0.2) is 36.7 Å². The van der Waals surface area contributed by atoms with E-state index < -0.39 is 11.8 Å². The van der Waals surface area contributed by atoms with Crippen LogP contribution in [0.4, 0.5) is 15.8 Å². The van der Waals surface area contributed by atoms with Crippen LogP contribution < -0.4 is 5.32 Å². The van der Waals surface area contributed by atoms with Gasteiger partial charge in [0.1, 0.15) is 5.82 Å². The Balaban J connectivity index is 2.24. The minimum absolute atomic E-state index is 0.0334. The van der Waals surface area contributed by atoms with Crippen molar-refractivity contribution >= 4 is 50.8 Å². The van der Waals surface area contributed by atoms with E-state index in [9.17, 15) is 14.3 Å². The monoisotopic (exact) mass is 435 g/mol. The first-order chi connectivity index (χ1) is 11.5. The molecule has 0 fully saturated rings. The van der Waals surface area contributed by atoms with Crippen molar-refractivity contribution < 1.29 is 14.3 Å². The van der Waals surface area contributed by atoms with Crippen LogP contribution in [0.1, 0.15) is 10.5 Å². The van der Waals surface area contributed by atoms with Crippen molar-refractivity contribution in [3.8, 4) is 12.3 Å². The van der Waals surface area contributed by atoms with Gasteiger partial charge in [0.2, 0.25) is 0 Å². The Kier molecular flexibility index (Phi) is 4.40. The van der Waals surface area contributed by atoms with E-state index in [0.717, 1.165) is 3.57 Å². The molecule has 0 spiro atoms. The number of fused-ring (bicyclic) bond motifs is 1. The number of carboxylic acid groups (broad SMARTS) is 1. The molecule has 0 aliphatic rings. The number of carbonyl (C=O) groups is 1. The summed E-state index contributed by atoms with van der Waals surface area (Å²) in [6, 6.07) is 6.32. The van der Waals surface area contributed by atoms with Crippen LogP contribution in [-0.2, 0) is 6.54 Å². The zero-order chi connectivity index (χ0) is 17.3. The molecule has 0 aliphatic carbocycles. The number of halogens is 2. The Morgan fingerprint density at radius 2 is 2.25 bits per heavy atom. The van der Waals surface area contributed by atoms with E-state index in [1.54, 1.807) is 24.4 Å². The Morgan fingerprint density at radius 1 is 1.46 bits per heavy atom. The molecule has 3 aromatic rings. The van der Waals surface area contributed by atoms with Gasteiger partial charge in [-0.15, -0.1) is 6.42 Å². The van der Waals surface area contributed by atoms with Gasteiger partial charge in [-0.05, 0) is 46.9 Å². The van der Waals surface area contributed by atoms with Gasteiger partial charge in [0.15, 0.2) is 5.69 Å². The number of rotatable bonds is 4. The largest absolute Gasteiger partial charge is 0.477 e. The molecule has 0 aliphatic heterocycles. The highest BCUT2D eigenvalue weighted by molar-refractivity contribution is 14.1. The maximum absolute atomic E-state index is 14.2. The highest BCUT2D eigenvalue weighted by Crippen LogP contribution is 2.34. The Bertz CT molecular complexity index is 991.